The third-order valence-electron chi connectivity index (χ3n) is 6.31. The molecule has 0 unspecified atom stereocenters. The molecule has 6 nitrogen and oxygen atoms in total. The van der Waals surface area contributed by atoms with Crippen LogP contribution < -0.4 is 10.2 Å². The molecule has 0 bridgehead atoms. The van der Waals surface area contributed by atoms with Crippen molar-refractivity contribution in [3.05, 3.63) is 53.2 Å². The van der Waals surface area contributed by atoms with Crippen molar-refractivity contribution < 1.29 is 9.59 Å². The second-order valence-electron chi connectivity index (χ2n) is 8.88. The molecule has 2 aliphatic heterocycles. The van der Waals surface area contributed by atoms with Gasteiger partial charge in [0.2, 0.25) is 5.91 Å². The van der Waals surface area contributed by atoms with Crippen LogP contribution in [0, 0.1) is 19.8 Å². The van der Waals surface area contributed by atoms with Crippen LogP contribution in [0.25, 0.3) is 0 Å². The number of hydrogen-bond acceptors (Lipinski definition) is 4. The van der Waals surface area contributed by atoms with Crippen LogP contribution in [-0.2, 0) is 4.79 Å². The summed E-state index contributed by atoms with van der Waals surface area (Å²) in [6, 6.07) is 9.84. The smallest absolute Gasteiger partial charge is 0.254 e. The molecule has 0 spiro atoms. The first kappa shape index (κ1) is 21.3. The fourth-order valence-electron chi connectivity index (χ4n) is 4.67. The summed E-state index contributed by atoms with van der Waals surface area (Å²) in [5, 5.41) is 3.09. The molecule has 1 aromatic carbocycles. The molecule has 0 saturated carbocycles. The summed E-state index contributed by atoms with van der Waals surface area (Å²) in [5.41, 5.74) is 3.88. The lowest BCUT2D eigenvalue weighted by atomic mass is 9.95. The minimum atomic E-state index is -0.00441. The van der Waals surface area contributed by atoms with E-state index in [9.17, 15) is 9.59 Å². The number of anilines is 2. The monoisotopic (exact) mass is 420 g/mol. The van der Waals surface area contributed by atoms with Gasteiger partial charge >= 0.3 is 0 Å². The van der Waals surface area contributed by atoms with Gasteiger partial charge in [-0.2, -0.15) is 0 Å². The first-order valence-electron chi connectivity index (χ1n) is 11.4. The van der Waals surface area contributed by atoms with Gasteiger partial charge in [0.15, 0.2) is 0 Å². The van der Waals surface area contributed by atoms with Gasteiger partial charge in [0.25, 0.3) is 5.91 Å². The minimum Gasteiger partial charge on any atom is -0.357 e. The molecule has 2 fully saturated rings. The lowest BCUT2D eigenvalue weighted by Crippen LogP contribution is -2.39. The summed E-state index contributed by atoms with van der Waals surface area (Å²) in [6.07, 6.45) is 6.66. The number of amides is 2. The molecule has 2 aliphatic rings. The van der Waals surface area contributed by atoms with Crippen molar-refractivity contribution in [3.8, 4) is 0 Å². The third-order valence-corrected chi connectivity index (χ3v) is 6.31. The highest BCUT2D eigenvalue weighted by molar-refractivity contribution is 5.95. The quantitative estimate of drug-likeness (QED) is 0.806. The maximum atomic E-state index is 12.8. The number of aryl methyl sites for hydroxylation is 2. The molecule has 2 saturated heterocycles. The Bertz CT molecular complexity index is 924. The Balaban J connectivity index is 1.35. The van der Waals surface area contributed by atoms with Gasteiger partial charge in [0.1, 0.15) is 5.82 Å². The van der Waals surface area contributed by atoms with E-state index >= 15 is 0 Å². The molecule has 0 aliphatic carbocycles. The molecule has 2 aromatic rings. The molecule has 3 heterocycles. The van der Waals surface area contributed by atoms with Crippen LogP contribution in [0.5, 0.6) is 0 Å². The molecule has 31 heavy (non-hydrogen) atoms. The van der Waals surface area contributed by atoms with Crippen molar-refractivity contribution in [1.82, 2.24) is 9.88 Å². The van der Waals surface area contributed by atoms with Gasteiger partial charge < -0.3 is 15.1 Å². The number of pyridine rings is 1. The van der Waals surface area contributed by atoms with E-state index in [0.717, 1.165) is 74.5 Å². The molecule has 164 valence electrons. The predicted molar refractivity (Wildman–Crippen MR) is 123 cm³/mol. The summed E-state index contributed by atoms with van der Waals surface area (Å²) < 4.78 is 0. The van der Waals surface area contributed by atoms with Crippen molar-refractivity contribution in [2.24, 2.45) is 5.92 Å². The average Bonchev–Trinajstić information content (AvgIpc) is 2.78. The number of nitrogens with one attached hydrogen (secondary N) is 1. The van der Waals surface area contributed by atoms with E-state index in [1.165, 1.54) is 6.42 Å². The number of rotatable bonds is 4. The zero-order valence-corrected chi connectivity index (χ0v) is 18.6. The van der Waals surface area contributed by atoms with Gasteiger partial charge in [-0.25, -0.2) is 4.98 Å². The highest BCUT2D eigenvalue weighted by Crippen LogP contribution is 2.25. The van der Waals surface area contributed by atoms with Gasteiger partial charge in [0, 0.05) is 49.5 Å². The number of aromatic nitrogens is 1. The summed E-state index contributed by atoms with van der Waals surface area (Å²) >= 11 is 0. The fourth-order valence-corrected chi connectivity index (χ4v) is 4.67. The Morgan fingerprint density at radius 2 is 1.61 bits per heavy atom. The summed E-state index contributed by atoms with van der Waals surface area (Å²) in [6.45, 7) is 7.30. The Morgan fingerprint density at radius 1 is 0.935 bits per heavy atom. The fraction of sp³-hybridized carbons (Fsp3) is 0.480. The van der Waals surface area contributed by atoms with Crippen molar-refractivity contribution >= 4 is 23.3 Å². The second kappa shape index (κ2) is 9.50. The van der Waals surface area contributed by atoms with E-state index in [1.807, 2.05) is 43.0 Å². The normalized spacial score (nSPS) is 17.5. The van der Waals surface area contributed by atoms with Crippen LogP contribution in [0.15, 0.2) is 36.5 Å². The average molecular weight is 421 g/mol. The van der Waals surface area contributed by atoms with E-state index in [0.29, 0.717) is 5.56 Å². The Kier molecular flexibility index (Phi) is 6.54. The number of benzene rings is 1. The van der Waals surface area contributed by atoms with Crippen LogP contribution in [0.4, 0.5) is 11.5 Å². The Morgan fingerprint density at radius 3 is 2.29 bits per heavy atom. The highest BCUT2D eigenvalue weighted by atomic mass is 16.2. The lowest BCUT2D eigenvalue weighted by Gasteiger charge is -2.32. The van der Waals surface area contributed by atoms with Crippen molar-refractivity contribution in [3.63, 3.8) is 0 Å². The molecular weight excluding hydrogens is 388 g/mol. The summed E-state index contributed by atoms with van der Waals surface area (Å²) in [7, 11) is 0. The van der Waals surface area contributed by atoms with Crippen LogP contribution >= 0.6 is 0 Å². The molecule has 0 radical (unpaired) electrons. The number of piperidine rings is 2. The zero-order chi connectivity index (χ0) is 21.8. The predicted octanol–water partition coefficient (Wildman–Crippen LogP) is 4.18. The SMILES string of the molecule is Cc1cc(C)cc(NC(=O)C2CCN(c3cc(C(=O)N4CCCCC4)ccn3)CC2)c1. The third kappa shape index (κ3) is 5.24. The van der Waals surface area contributed by atoms with Gasteiger partial charge in [-0.1, -0.05) is 6.07 Å². The van der Waals surface area contributed by atoms with Crippen LogP contribution in [-0.4, -0.2) is 47.9 Å². The number of carbonyl (C=O) groups is 2. The van der Waals surface area contributed by atoms with Crippen molar-refractivity contribution in [2.45, 2.75) is 46.0 Å². The van der Waals surface area contributed by atoms with Crippen molar-refractivity contribution in [2.75, 3.05) is 36.4 Å². The van der Waals surface area contributed by atoms with E-state index in [2.05, 4.69) is 21.3 Å². The molecule has 4 rings (SSSR count). The first-order valence-corrected chi connectivity index (χ1v) is 11.4. The van der Waals surface area contributed by atoms with Gasteiger partial charge in [-0.05, 0) is 81.3 Å². The van der Waals surface area contributed by atoms with E-state index in [-0.39, 0.29) is 17.7 Å². The van der Waals surface area contributed by atoms with Gasteiger partial charge in [-0.15, -0.1) is 0 Å². The zero-order valence-electron chi connectivity index (χ0n) is 18.6. The molecule has 1 N–H and O–H groups in total. The molecule has 2 amide bonds. The number of carbonyl (C=O) groups excluding carboxylic acids is 2. The Hall–Kier alpha value is -2.89. The Labute approximate surface area is 184 Å². The van der Waals surface area contributed by atoms with Gasteiger partial charge in [0.05, 0.1) is 0 Å². The maximum absolute atomic E-state index is 12.8. The number of likely N-dealkylation sites (tertiary alicyclic amines) is 1. The standard InChI is InChI=1S/C25H32N4O2/c1-18-14-19(2)16-22(15-18)27-24(30)20-7-12-28(13-8-20)23-17-21(6-9-26-23)25(31)29-10-4-3-5-11-29/h6,9,14-17,20H,3-5,7-8,10-13H2,1-2H3,(H,27,30). The van der Waals surface area contributed by atoms with E-state index in [4.69, 9.17) is 0 Å². The highest BCUT2D eigenvalue weighted by Gasteiger charge is 2.26. The summed E-state index contributed by atoms with van der Waals surface area (Å²) in [4.78, 5) is 34.2. The minimum absolute atomic E-state index is 0.00441. The van der Waals surface area contributed by atoms with Crippen LogP contribution in [0.3, 0.4) is 0 Å². The maximum Gasteiger partial charge on any atom is 0.254 e. The topological polar surface area (TPSA) is 65.5 Å². The number of nitrogens with zero attached hydrogens (tertiary/aromatic N) is 3. The first-order chi connectivity index (χ1) is 15.0. The van der Waals surface area contributed by atoms with E-state index < -0.39 is 0 Å². The van der Waals surface area contributed by atoms with Crippen molar-refractivity contribution in [1.29, 1.82) is 0 Å². The largest absolute Gasteiger partial charge is 0.357 e. The molecular formula is C25H32N4O2. The second-order valence-corrected chi connectivity index (χ2v) is 8.88. The lowest BCUT2D eigenvalue weighted by molar-refractivity contribution is -0.120. The van der Waals surface area contributed by atoms with Gasteiger partial charge in [-0.3, -0.25) is 9.59 Å². The molecule has 1 aromatic heterocycles. The van der Waals surface area contributed by atoms with Crippen LogP contribution in [0.1, 0.15) is 53.6 Å². The van der Waals surface area contributed by atoms with E-state index in [1.54, 1.807) is 6.20 Å². The van der Waals surface area contributed by atoms with Crippen LogP contribution in [0.2, 0.25) is 0 Å². The number of hydrogen-bond donors (Lipinski definition) is 1. The summed E-state index contributed by atoms with van der Waals surface area (Å²) in [5.74, 6) is 1.02. The molecule has 0 atom stereocenters. The molecule has 6 heteroatoms.